The summed E-state index contributed by atoms with van der Waals surface area (Å²) in [6.45, 7) is 2.00. The van der Waals surface area contributed by atoms with E-state index in [0.29, 0.717) is 0 Å². The average Bonchev–Trinajstić information content (AvgIpc) is 2.38. The SMILES string of the molecule is CC(N)c1ccc(SCc2ccccc2Br)cc1. The highest BCUT2D eigenvalue weighted by atomic mass is 79.9. The number of nitrogens with two attached hydrogens (primary N) is 1. The standard InChI is InChI=1S/C15H16BrNS/c1-11(17)12-6-8-14(9-7-12)18-10-13-4-2-3-5-15(13)16/h2-9,11H,10,17H2,1H3. The highest BCUT2D eigenvalue weighted by molar-refractivity contribution is 9.10. The normalized spacial score (nSPS) is 12.4. The molecular weight excluding hydrogens is 306 g/mol. The molecule has 1 unspecified atom stereocenters. The lowest BCUT2D eigenvalue weighted by Gasteiger charge is -2.07. The molecule has 1 nitrogen and oxygen atoms in total. The van der Waals surface area contributed by atoms with Crippen LogP contribution in [0.25, 0.3) is 0 Å². The fourth-order valence-electron chi connectivity index (χ4n) is 1.64. The molecule has 2 aromatic rings. The largest absolute Gasteiger partial charge is 0.324 e. The number of hydrogen-bond acceptors (Lipinski definition) is 2. The van der Waals surface area contributed by atoms with E-state index in [1.54, 1.807) is 0 Å². The third kappa shape index (κ3) is 3.61. The van der Waals surface area contributed by atoms with Crippen LogP contribution in [0.3, 0.4) is 0 Å². The summed E-state index contributed by atoms with van der Waals surface area (Å²) in [5.74, 6) is 0.971. The van der Waals surface area contributed by atoms with Gasteiger partial charge in [-0.05, 0) is 36.2 Å². The molecule has 0 radical (unpaired) electrons. The van der Waals surface area contributed by atoms with Crippen LogP contribution >= 0.6 is 27.7 Å². The summed E-state index contributed by atoms with van der Waals surface area (Å²) < 4.78 is 1.17. The molecule has 1 atom stereocenters. The van der Waals surface area contributed by atoms with Gasteiger partial charge < -0.3 is 5.73 Å². The van der Waals surface area contributed by atoms with Crippen LogP contribution in [-0.2, 0) is 5.75 Å². The third-order valence-corrected chi connectivity index (χ3v) is 4.59. The van der Waals surface area contributed by atoms with Gasteiger partial charge >= 0.3 is 0 Å². The quantitative estimate of drug-likeness (QED) is 0.821. The van der Waals surface area contributed by atoms with Gasteiger partial charge in [0.1, 0.15) is 0 Å². The first-order chi connectivity index (χ1) is 8.66. The number of hydrogen-bond donors (Lipinski definition) is 1. The summed E-state index contributed by atoms with van der Waals surface area (Å²) in [7, 11) is 0. The molecule has 94 valence electrons. The molecule has 0 aliphatic heterocycles. The van der Waals surface area contributed by atoms with Crippen molar-refractivity contribution in [3.63, 3.8) is 0 Å². The van der Waals surface area contributed by atoms with Gasteiger partial charge in [-0.3, -0.25) is 0 Å². The lowest BCUT2D eigenvalue weighted by atomic mass is 10.1. The van der Waals surface area contributed by atoms with E-state index in [0.717, 1.165) is 5.75 Å². The number of rotatable bonds is 4. The zero-order valence-corrected chi connectivity index (χ0v) is 12.7. The van der Waals surface area contributed by atoms with Crippen LogP contribution in [-0.4, -0.2) is 0 Å². The van der Waals surface area contributed by atoms with Crippen molar-refractivity contribution in [2.75, 3.05) is 0 Å². The van der Waals surface area contributed by atoms with Crippen LogP contribution in [0.15, 0.2) is 57.9 Å². The van der Waals surface area contributed by atoms with Gasteiger partial charge in [-0.25, -0.2) is 0 Å². The number of thioether (sulfide) groups is 1. The van der Waals surface area contributed by atoms with Crippen molar-refractivity contribution < 1.29 is 0 Å². The van der Waals surface area contributed by atoms with E-state index >= 15 is 0 Å². The second-order valence-electron chi connectivity index (χ2n) is 4.24. The summed E-state index contributed by atoms with van der Waals surface area (Å²) in [5, 5.41) is 0. The molecule has 0 aromatic heterocycles. The van der Waals surface area contributed by atoms with Crippen molar-refractivity contribution in [3.8, 4) is 0 Å². The van der Waals surface area contributed by atoms with Crippen LogP contribution < -0.4 is 5.73 Å². The van der Waals surface area contributed by atoms with Crippen LogP contribution in [0.4, 0.5) is 0 Å². The zero-order valence-electron chi connectivity index (χ0n) is 10.3. The van der Waals surface area contributed by atoms with Crippen molar-refractivity contribution in [1.82, 2.24) is 0 Å². The Bertz CT molecular complexity index is 508. The summed E-state index contributed by atoms with van der Waals surface area (Å²) in [6, 6.07) is 16.9. The van der Waals surface area contributed by atoms with Crippen molar-refractivity contribution in [3.05, 3.63) is 64.1 Å². The molecule has 0 heterocycles. The van der Waals surface area contributed by atoms with Crippen molar-refractivity contribution >= 4 is 27.7 Å². The molecule has 3 heteroatoms. The van der Waals surface area contributed by atoms with E-state index in [2.05, 4.69) is 58.4 Å². The first-order valence-corrected chi connectivity index (χ1v) is 7.66. The molecule has 0 aliphatic carbocycles. The molecule has 0 saturated heterocycles. The van der Waals surface area contributed by atoms with E-state index in [4.69, 9.17) is 5.73 Å². The lowest BCUT2D eigenvalue weighted by molar-refractivity contribution is 0.817. The first-order valence-electron chi connectivity index (χ1n) is 5.88. The Morgan fingerprint density at radius 3 is 2.39 bits per heavy atom. The molecule has 18 heavy (non-hydrogen) atoms. The van der Waals surface area contributed by atoms with E-state index in [1.807, 2.05) is 24.8 Å². The maximum Gasteiger partial charge on any atom is 0.0266 e. The fraction of sp³-hybridized carbons (Fsp3) is 0.200. The molecule has 0 fully saturated rings. The predicted octanol–water partition coefficient (Wildman–Crippen LogP) is 4.76. The molecule has 2 rings (SSSR count). The van der Waals surface area contributed by atoms with Gasteiger partial charge in [0.15, 0.2) is 0 Å². The topological polar surface area (TPSA) is 26.0 Å². The van der Waals surface area contributed by atoms with Crippen molar-refractivity contribution in [1.29, 1.82) is 0 Å². The van der Waals surface area contributed by atoms with E-state index in [1.165, 1.54) is 20.5 Å². The predicted molar refractivity (Wildman–Crippen MR) is 82.7 cm³/mol. The van der Waals surface area contributed by atoms with Gasteiger partial charge in [-0.2, -0.15) is 0 Å². The van der Waals surface area contributed by atoms with Crippen LogP contribution in [0.2, 0.25) is 0 Å². The Kier molecular flexibility index (Phi) is 4.87. The molecule has 2 aromatic carbocycles. The highest BCUT2D eigenvalue weighted by Gasteiger charge is 2.02. The Labute approximate surface area is 121 Å². The zero-order chi connectivity index (χ0) is 13.0. The van der Waals surface area contributed by atoms with E-state index < -0.39 is 0 Å². The van der Waals surface area contributed by atoms with Crippen molar-refractivity contribution in [2.45, 2.75) is 23.6 Å². The first kappa shape index (κ1) is 13.7. The average molecular weight is 322 g/mol. The van der Waals surface area contributed by atoms with E-state index in [-0.39, 0.29) is 6.04 Å². The van der Waals surface area contributed by atoms with Crippen LogP contribution in [0.1, 0.15) is 24.1 Å². The second-order valence-corrected chi connectivity index (χ2v) is 6.14. The maximum absolute atomic E-state index is 5.84. The summed E-state index contributed by atoms with van der Waals surface area (Å²) in [5.41, 5.74) is 8.33. The molecule has 0 aliphatic rings. The summed E-state index contributed by atoms with van der Waals surface area (Å²) >= 11 is 5.41. The maximum atomic E-state index is 5.84. The minimum absolute atomic E-state index is 0.104. The molecule has 2 N–H and O–H groups in total. The molecular formula is C15H16BrNS. The van der Waals surface area contributed by atoms with Gasteiger partial charge in [-0.15, -0.1) is 11.8 Å². The van der Waals surface area contributed by atoms with Gasteiger partial charge in [-0.1, -0.05) is 46.3 Å². The van der Waals surface area contributed by atoms with Crippen LogP contribution in [0, 0.1) is 0 Å². The monoisotopic (exact) mass is 321 g/mol. The van der Waals surface area contributed by atoms with Crippen LogP contribution in [0.5, 0.6) is 0 Å². The molecule has 0 amide bonds. The molecule has 0 saturated carbocycles. The number of halogens is 1. The van der Waals surface area contributed by atoms with E-state index in [9.17, 15) is 0 Å². The van der Waals surface area contributed by atoms with Gasteiger partial charge in [0.2, 0.25) is 0 Å². The van der Waals surface area contributed by atoms with Gasteiger partial charge in [0.25, 0.3) is 0 Å². The second kappa shape index (κ2) is 6.41. The number of benzene rings is 2. The Balaban J connectivity index is 2.00. The van der Waals surface area contributed by atoms with Gasteiger partial charge in [0.05, 0.1) is 0 Å². The minimum atomic E-state index is 0.104. The summed E-state index contributed by atoms with van der Waals surface area (Å²) in [4.78, 5) is 1.27. The Morgan fingerprint density at radius 1 is 1.11 bits per heavy atom. The fourth-order valence-corrected chi connectivity index (χ4v) is 3.16. The summed E-state index contributed by atoms with van der Waals surface area (Å²) in [6.07, 6.45) is 0. The lowest BCUT2D eigenvalue weighted by Crippen LogP contribution is -2.04. The van der Waals surface area contributed by atoms with Crippen molar-refractivity contribution in [2.24, 2.45) is 5.73 Å². The Hall–Kier alpha value is -0.770. The highest BCUT2D eigenvalue weighted by Crippen LogP contribution is 2.27. The third-order valence-electron chi connectivity index (χ3n) is 2.76. The smallest absolute Gasteiger partial charge is 0.0266 e. The minimum Gasteiger partial charge on any atom is -0.324 e. The van der Waals surface area contributed by atoms with Gasteiger partial charge in [0, 0.05) is 21.2 Å². The molecule has 0 bridgehead atoms. The Morgan fingerprint density at radius 2 is 1.78 bits per heavy atom. The molecule has 0 spiro atoms.